The Morgan fingerprint density at radius 1 is 0.897 bits per heavy atom. The molecule has 0 radical (unpaired) electrons. The van der Waals surface area contributed by atoms with Crippen molar-refractivity contribution in [2.24, 2.45) is 0 Å². The molecule has 0 N–H and O–H groups in total. The number of anilines is 1. The summed E-state index contributed by atoms with van der Waals surface area (Å²) in [5.41, 5.74) is 1.26. The fourth-order valence-electron chi connectivity index (χ4n) is 3.60. The van der Waals surface area contributed by atoms with Gasteiger partial charge in [-0.15, -0.1) is 0 Å². The summed E-state index contributed by atoms with van der Waals surface area (Å²) in [4.78, 5) is 39.7. The third-order valence-electron chi connectivity index (χ3n) is 5.31. The van der Waals surface area contributed by atoms with Crippen LogP contribution >= 0.6 is 0 Å². The molecule has 3 heterocycles. The Kier molecular flexibility index (Phi) is 5.71. The van der Waals surface area contributed by atoms with Crippen LogP contribution in [0.1, 0.15) is 17.4 Å². The summed E-state index contributed by atoms with van der Waals surface area (Å²) in [7, 11) is 0. The van der Waals surface area contributed by atoms with Gasteiger partial charge in [-0.25, -0.2) is 9.97 Å². The van der Waals surface area contributed by atoms with E-state index in [1.807, 2.05) is 30.3 Å². The second-order valence-electron chi connectivity index (χ2n) is 7.20. The lowest BCUT2D eigenvalue weighted by Crippen LogP contribution is -2.50. The number of benzene rings is 1. The molecule has 0 bridgehead atoms. The average molecular weight is 395 g/mol. The quantitative estimate of drug-likeness (QED) is 0.779. The first-order valence-corrected chi connectivity index (χ1v) is 9.94. The monoisotopic (exact) mass is 395 g/mol. The summed E-state index contributed by atoms with van der Waals surface area (Å²) in [6.45, 7) is 6.42. The van der Waals surface area contributed by atoms with E-state index in [1.165, 1.54) is 0 Å². The predicted octanol–water partition coefficient (Wildman–Crippen LogP) is 1.28. The summed E-state index contributed by atoms with van der Waals surface area (Å²) >= 11 is 0. The van der Waals surface area contributed by atoms with Crippen molar-refractivity contribution < 1.29 is 14.3 Å². The van der Waals surface area contributed by atoms with Crippen molar-refractivity contribution >= 4 is 17.6 Å². The van der Waals surface area contributed by atoms with E-state index < -0.39 is 0 Å². The molecule has 1 aromatic heterocycles. The number of rotatable bonds is 3. The molecule has 2 aromatic rings. The van der Waals surface area contributed by atoms with Crippen molar-refractivity contribution in [2.75, 3.05) is 57.4 Å². The summed E-state index contributed by atoms with van der Waals surface area (Å²) < 4.78 is 5.45. The molecule has 2 fully saturated rings. The number of carbonyl (C=O) groups excluding carboxylic acids is 2. The van der Waals surface area contributed by atoms with Gasteiger partial charge in [-0.3, -0.25) is 9.59 Å². The molecule has 8 nitrogen and oxygen atoms in total. The zero-order valence-corrected chi connectivity index (χ0v) is 16.6. The molecule has 0 unspecified atom stereocenters. The van der Waals surface area contributed by atoms with Gasteiger partial charge in [-0.2, -0.15) is 0 Å². The molecule has 1 aromatic carbocycles. The van der Waals surface area contributed by atoms with E-state index in [0.29, 0.717) is 50.9 Å². The molecule has 8 heteroatoms. The zero-order valence-electron chi connectivity index (χ0n) is 16.6. The van der Waals surface area contributed by atoms with Crippen molar-refractivity contribution in [1.29, 1.82) is 0 Å². The minimum Gasteiger partial charge on any atom is -0.378 e. The van der Waals surface area contributed by atoms with Gasteiger partial charge >= 0.3 is 0 Å². The fourth-order valence-corrected chi connectivity index (χ4v) is 3.60. The maximum atomic E-state index is 13.2. The number of carbonyl (C=O) groups is 2. The van der Waals surface area contributed by atoms with Crippen molar-refractivity contribution in [1.82, 2.24) is 19.8 Å². The van der Waals surface area contributed by atoms with Gasteiger partial charge in [-0.05, 0) is 0 Å². The van der Waals surface area contributed by atoms with E-state index >= 15 is 0 Å². The molecule has 2 aliphatic rings. The lowest BCUT2D eigenvalue weighted by Gasteiger charge is -2.34. The van der Waals surface area contributed by atoms with Crippen LogP contribution in [0.3, 0.4) is 0 Å². The Bertz CT molecular complexity index is 875. The van der Waals surface area contributed by atoms with E-state index in [-0.39, 0.29) is 11.8 Å². The molecule has 0 aliphatic carbocycles. The number of amides is 2. The Morgan fingerprint density at radius 3 is 2.21 bits per heavy atom. The third kappa shape index (κ3) is 4.37. The second-order valence-corrected chi connectivity index (χ2v) is 7.20. The van der Waals surface area contributed by atoms with Crippen LogP contribution in [0.4, 0.5) is 5.82 Å². The Balaban J connectivity index is 1.63. The molecule has 4 rings (SSSR count). The lowest BCUT2D eigenvalue weighted by atomic mass is 10.2. The predicted molar refractivity (Wildman–Crippen MR) is 109 cm³/mol. The molecule has 152 valence electrons. The van der Waals surface area contributed by atoms with E-state index in [2.05, 4.69) is 9.88 Å². The first-order valence-electron chi connectivity index (χ1n) is 9.94. The van der Waals surface area contributed by atoms with Gasteiger partial charge in [0.25, 0.3) is 5.91 Å². The minimum absolute atomic E-state index is 0.0418. The smallest absolute Gasteiger partial charge is 0.272 e. The number of aromatic nitrogens is 2. The standard InChI is InChI=1S/C21H25N5O3/c1-16(27)24-7-9-26(10-8-24)21(28)18-15-19(25-11-13-29-14-12-25)23-20(22-18)17-5-3-2-4-6-17/h2-6,15H,7-14H2,1H3. The molecule has 0 spiro atoms. The third-order valence-corrected chi connectivity index (χ3v) is 5.31. The highest BCUT2D eigenvalue weighted by Gasteiger charge is 2.26. The van der Waals surface area contributed by atoms with Gasteiger partial charge in [0.2, 0.25) is 5.91 Å². The number of nitrogens with zero attached hydrogens (tertiary/aromatic N) is 5. The second kappa shape index (κ2) is 8.57. The SMILES string of the molecule is CC(=O)N1CCN(C(=O)c2cc(N3CCOCC3)nc(-c3ccccc3)n2)CC1. The molecule has 29 heavy (non-hydrogen) atoms. The van der Waals surface area contributed by atoms with E-state index in [0.717, 1.165) is 24.5 Å². The first kappa shape index (κ1) is 19.3. The topological polar surface area (TPSA) is 78.9 Å². The molecule has 0 saturated carbocycles. The minimum atomic E-state index is -0.123. The highest BCUT2D eigenvalue weighted by molar-refractivity contribution is 5.93. The van der Waals surface area contributed by atoms with Crippen LogP contribution in [0.5, 0.6) is 0 Å². The number of ether oxygens (including phenoxy) is 1. The number of hydrogen-bond acceptors (Lipinski definition) is 6. The van der Waals surface area contributed by atoms with Crippen molar-refractivity contribution in [3.05, 3.63) is 42.1 Å². The van der Waals surface area contributed by atoms with Crippen LogP contribution in [-0.2, 0) is 9.53 Å². The van der Waals surface area contributed by atoms with Crippen molar-refractivity contribution in [3.63, 3.8) is 0 Å². The zero-order chi connectivity index (χ0) is 20.2. The number of piperazine rings is 1. The first-order chi connectivity index (χ1) is 14.1. The van der Waals surface area contributed by atoms with Crippen LogP contribution in [0.15, 0.2) is 36.4 Å². The molecule has 0 atom stereocenters. The summed E-state index contributed by atoms with van der Waals surface area (Å²) in [6.07, 6.45) is 0. The van der Waals surface area contributed by atoms with Crippen molar-refractivity contribution in [2.45, 2.75) is 6.92 Å². The Morgan fingerprint density at radius 2 is 1.55 bits per heavy atom. The van der Waals surface area contributed by atoms with Crippen LogP contribution in [0, 0.1) is 0 Å². The highest BCUT2D eigenvalue weighted by atomic mass is 16.5. The van der Waals surface area contributed by atoms with Gasteiger partial charge in [0.05, 0.1) is 13.2 Å². The van der Waals surface area contributed by atoms with Gasteiger partial charge in [-0.1, -0.05) is 30.3 Å². The molecule has 2 aliphatic heterocycles. The van der Waals surface area contributed by atoms with E-state index in [4.69, 9.17) is 9.72 Å². The number of hydrogen-bond donors (Lipinski definition) is 0. The van der Waals surface area contributed by atoms with Crippen LogP contribution < -0.4 is 4.90 Å². The maximum absolute atomic E-state index is 13.2. The molecule has 2 amide bonds. The van der Waals surface area contributed by atoms with Gasteiger partial charge in [0.15, 0.2) is 5.82 Å². The summed E-state index contributed by atoms with van der Waals surface area (Å²) in [5.74, 6) is 1.20. The Labute approximate surface area is 170 Å². The van der Waals surface area contributed by atoms with Crippen LogP contribution in [0.25, 0.3) is 11.4 Å². The van der Waals surface area contributed by atoms with Gasteiger partial charge in [0, 0.05) is 57.8 Å². The average Bonchev–Trinajstić information content (AvgIpc) is 2.79. The van der Waals surface area contributed by atoms with Crippen LogP contribution in [0.2, 0.25) is 0 Å². The normalized spacial score (nSPS) is 17.3. The van der Waals surface area contributed by atoms with Crippen LogP contribution in [-0.4, -0.2) is 84.1 Å². The lowest BCUT2D eigenvalue weighted by molar-refractivity contribution is -0.130. The molecule has 2 saturated heterocycles. The fraction of sp³-hybridized carbons (Fsp3) is 0.429. The van der Waals surface area contributed by atoms with Gasteiger partial charge in [0.1, 0.15) is 11.5 Å². The molecular formula is C21H25N5O3. The van der Waals surface area contributed by atoms with E-state index in [1.54, 1.807) is 22.8 Å². The van der Waals surface area contributed by atoms with Gasteiger partial charge < -0.3 is 19.4 Å². The number of morpholine rings is 1. The molecular weight excluding hydrogens is 370 g/mol. The summed E-state index contributed by atoms with van der Waals surface area (Å²) in [5, 5.41) is 0. The Hall–Kier alpha value is -3.00. The largest absolute Gasteiger partial charge is 0.378 e. The van der Waals surface area contributed by atoms with Crippen molar-refractivity contribution in [3.8, 4) is 11.4 Å². The van der Waals surface area contributed by atoms with E-state index in [9.17, 15) is 9.59 Å². The summed E-state index contributed by atoms with van der Waals surface area (Å²) in [6, 6.07) is 11.5. The highest BCUT2D eigenvalue weighted by Crippen LogP contribution is 2.22. The maximum Gasteiger partial charge on any atom is 0.272 e.